The standard InChI is InChI=1S/C15H27N3OS/c1-5-17-8-10-18(11-9-17)7-6-13-16-12(2)14(20-13)15(3,4)19/h19H,5-11H2,1-4H3. The van der Waals surface area contributed by atoms with E-state index in [1.165, 1.54) is 13.1 Å². The molecule has 5 heteroatoms. The zero-order valence-corrected chi connectivity index (χ0v) is 14.0. The SMILES string of the molecule is CCN1CCN(CCc2nc(C)c(C(C)(C)O)s2)CC1. The van der Waals surface area contributed by atoms with Crippen LogP contribution in [0.5, 0.6) is 0 Å². The van der Waals surface area contributed by atoms with E-state index in [1.807, 2.05) is 20.8 Å². The third-order valence-corrected chi connectivity index (χ3v) is 5.48. The Morgan fingerprint density at radius 2 is 1.80 bits per heavy atom. The first-order chi connectivity index (χ1) is 9.40. The summed E-state index contributed by atoms with van der Waals surface area (Å²) < 4.78 is 0. The average molecular weight is 297 g/mol. The number of aryl methyl sites for hydroxylation is 1. The third kappa shape index (κ3) is 4.01. The van der Waals surface area contributed by atoms with Gasteiger partial charge in [0.15, 0.2) is 0 Å². The van der Waals surface area contributed by atoms with Gasteiger partial charge < -0.3 is 14.9 Å². The number of aliphatic hydroxyl groups is 1. The van der Waals surface area contributed by atoms with E-state index in [0.29, 0.717) is 0 Å². The zero-order chi connectivity index (χ0) is 14.8. The van der Waals surface area contributed by atoms with Crippen LogP contribution in [-0.4, -0.2) is 59.2 Å². The number of nitrogens with zero attached hydrogens (tertiary/aromatic N) is 3. The van der Waals surface area contributed by atoms with Crippen LogP contribution in [0.4, 0.5) is 0 Å². The van der Waals surface area contributed by atoms with Gasteiger partial charge in [0.05, 0.1) is 21.2 Å². The molecule has 1 aliphatic rings. The van der Waals surface area contributed by atoms with E-state index in [4.69, 9.17) is 0 Å². The Bertz CT molecular complexity index is 431. The van der Waals surface area contributed by atoms with E-state index >= 15 is 0 Å². The van der Waals surface area contributed by atoms with Gasteiger partial charge in [0.25, 0.3) is 0 Å². The quantitative estimate of drug-likeness (QED) is 0.900. The molecule has 4 nitrogen and oxygen atoms in total. The number of aromatic nitrogens is 1. The maximum atomic E-state index is 10.1. The fourth-order valence-electron chi connectivity index (χ4n) is 2.71. The number of thiazole rings is 1. The molecule has 0 aliphatic carbocycles. The Morgan fingerprint density at radius 1 is 1.20 bits per heavy atom. The number of hydrogen-bond acceptors (Lipinski definition) is 5. The predicted octanol–water partition coefficient (Wildman–Crippen LogP) is 1.86. The Hall–Kier alpha value is -0.490. The summed E-state index contributed by atoms with van der Waals surface area (Å²) in [5.41, 5.74) is 0.209. The fourth-order valence-corrected chi connectivity index (χ4v) is 3.76. The summed E-state index contributed by atoms with van der Waals surface area (Å²) in [6.45, 7) is 14.8. The molecule has 1 saturated heterocycles. The van der Waals surface area contributed by atoms with Crippen molar-refractivity contribution in [2.45, 2.75) is 39.7 Å². The molecule has 1 fully saturated rings. The topological polar surface area (TPSA) is 39.6 Å². The highest BCUT2D eigenvalue weighted by Crippen LogP contribution is 2.29. The van der Waals surface area contributed by atoms with Gasteiger partial charge in [-0.3, -0.25) is 0 Å². The average Bonchev–Trinajstić information content (AvgIpc) is 2.78. The summed E-state index contributed by atoms with van der Waals surface area (Å²) in [4.78, 5) is 10.6. The summed E-state index contributed by atoms with van der Waals surface area (Å²) in [6, 6.07) is 0. The predicted molar refractivity (Wildman–Crippen MR) is 84.4 cm³/mol. The molecule has 1 aliphatic heterocycles. The van der Waals surface area contributed by atoms with Crippen molar-refractivity contribution in [1.82, 2.24) is 14.8 Å². The molecule has 0 radical (unpaired) electrons. The van der Waals surface area contributed by atoms with Gasteiger partial charge >= 0.3 is 0 Å². The maximum Gasteiger partial charge on any atom is 0.0950 e. The van der Waals surface area contributed by atoms with Crippen molar-refractivity contribution in [3.8, 4) is 0 Å². The van der Waals surface area contributed by atoms with Crippen LogP contribution >= 0.6 is 11.3 Å². The highest BCUT2D eigenvalue weighted by Gasteiger charge is 2.23. The molecule has 0 atom stereocenters. The second-order valence-corrected chi connectivity index (χ2v) is 7.19. The van der Waals surface area contributed by atoms with Crippen molar-refractivity contribution in [2.24, 2.45) is 0 Å². The van der Waals surface area contributed by atoms with Crippen molar-refractivity contribution < 1.29 is 5.11 Å². The first-order valence-corrected chi connectivity index (χ1v) is 8.35. The molecule has 2 rings (SSSR count). The Morgan fingerprint density at radius 3 is 2.30 bits per heavy atom. The molecule has 0 unspecified atom stereocenters. The summed E-state index contributed by atoms with van der Waals surface area (Å²) in [6.07, 6.45) is 0.994. The van der Waals surface area contributed by atoms with Gasteiger partial charge in [0.2, 0.25) is 0 Å². The number of likely N-dealkylation sites (N-methyl/N-ethyl adjacent to an activating group) is 1. The number of hydrogen-bond donors (Lipinski definition) is 1. The number of piperazine rings is 1. The first kappa shape index (κ1) is 15.9. The van der Waals surface area contributed by atoms with Gasteiger partial charge in [0, 0.05) is 39.1 Å². The molecule has 20 heavy (non-hydrogen) atoms. The van der Waals surface area contributed by atoms with Crippen molar-refractivity contribution in [3.63, 3.8) is 0 Å². The van der Waals surface area contributed by atoms with Gasteiger partial charge in [-0.15, -0.1) is 11.3 Å². The normalized spacial score (nSPS) is 18.6. The minimum atomic E-state index is -0.771. The molecule has 2 heterocycles. The summed E-state index contributed by atoms with van der Waals surface area (Å²) in [5, 5.41) is 11.3. The van der Waals surface area contributed by atoms with E-state index in [2.05, 4.69) is 21.7 Å². The molecule has 0 bridgehead atoms. The van der Waals surface area contributed by atoms with Crippen LogP contribution in [0.25, 0.3) is 0 Å². The summed E-state index contributed by atoms with van der Waals surface area (Å²) >= 11 is 1.66. The van der Waals surface area contributed by atoms with Gasteiger partial charge in [-0.2, -0.15) is 0 Å². The molecular formula is C15H27N3OS. The van der Waals surface area contributed by atoms with E-state index in [9.17, 15) is 5.11 Å². The third-order valence-electron chi connectivity index (χ3n) is 3.95. The smallest absolute Gasteiger partial charge is 0.0950 e. The van der Waals surface area contributed by atoms with Crippen LogP contribution in [0, 0.1) is 6.92 Å². The second-order valence-electron chi connectivity index (χ2n) is 6.11. The molecule has 114 valence electrons. The van der Waals surface area contributed by atoms with Crippen LogP contribution in [0.1, 0.15) is 36.3 Å². The Kier molecular flexibility index (Phi) is 5.18. The molecule has 0 aromatic carbocycles. The van der Waals surface area contributed by atoms with E-state index in [1.54, 1.807) is 11.3 Å². The van der Waals surface area contributed by atoms with Crippen molar-refractivity contribution in [2.75, 3.05) is 39.3 Å². The van der Waals surface area contributed by atoms with Gasteiger partial charge in [0.1, 0.15) is 0 Å². The van der Waals surface area contributed by atoms with E-state index < -0.39 is 5.60 Å². The van der Waals surface area contributed by atoms with Crippen LogP contribution in [0.3, 0.4) is 0 Å². The molecule has 1 N–H and O–H groups in total. The molecule has 0 saturated carbocycles. The first-order valence-electron chi connectivity index (χ1n) is 7.54. The lowest BCUT2D eigenvalue weighted by atomic mass is 10.1. The van der Waals surface area contributed by atoms with Crippen molar-refractivity contribution >= 4 is 11.3 Å². The van der Waals surface area contributed by atoms with E-state index in [-0.39, 0.29) is 0 Å². The lowest BCUT2D eigenvalue weighted by molar-refractivity contribution is 0.0817. The molecule has 1 aromatic rings. The Labute approximate surface area is 126 Å². The van der Waals surface area contributed by atoms with Crippen LogP contribution < -0.4 is 0 Å². The molecule has 0 spiro atoms. The molecule has 0 amide bonds. The molecular weight excluding hydrogens is 270 g/mol. The van der Waals surface area contributed by atoms with Gasteiger partial charge in [-0.1, -0.05) is 6.92 Å². The maximum absolute atomic E-state index is 10.1. The van der Waals surface area contributed by atoms with Crippen LogP contribution in [-0.2, 0) is 12.0 Å². The zero-order valence-electron chi connectivity index (χ0n) is 13.1. The second kappa shape index (κ2) is 6.52. The van der Waals surface area contributed by atoms with Gasteiger partial charge in [-0.25, -0.2) is 4.98 Å². The minimum absolute atomic E-state index is 0.771. The van der Waals surface area contributed by atoms with Crippen molar-refractivity contribution in [3.05, 3.63) is 15.6 Å². The Balaban J connectivity index is 1.86. The monoisotopic (exact) mass is 297 g/mol. The highest BCUT2D eigenvalue weighted by molar-refractivity contribution is 7.11. The fraction of sp³-hybridized carbons (Fsp3) is 0.800. The van der Waals surface area contributed by atoms with Gasteiger partial charge in [-0.05, 0) is 27.3 Å². The lowest BCUT2D eigenvalue weighted by Crippen LogP contribution is -2.46. The number of rotatable bonds is 5. The van der Waals surface area contributed by atoms with E-state index in [0.717, 1.165) is 48.2 Å². The molecule has 1 aromatic heterocycles. The van der Waals surface area contributed by atoms with Crippen LogP contribution in [0.15, 0.2) is 0 Å². The summed E-state index contributed by atoms with van der Waals surface area (Å²) in [7, 11) is 0. The summed E-state index contributed by atoms with van der Waals surface area (Å²) in [5.74, 6) is 0. The van der Waals surface area contributed by atoms with Crippen molar-refractivity contribution in [1.29, 1.82) is 0 Å². The largest absolute Gasteiger partial charge is 0.385 e. The highest BCUT2D eigenvalue weighted by atomic mass is 32.1. The lowest BCUT2D eigenvalue weighted by Gasteiger charge is -2.33. The minimum Gasteiger partial charge on any atom is -0.385 e. The van der Waals surface area contributed by atoms with Crippen LogP contribution in [0.2, 0.25) is 0 Å².